The number of quaternary nitrogens is 1. The molecule has 3 unspecified atom stereocenters. The normalized spacial score (nSPS) is 14.1. The molecule has 8 nitrogen and oxygen atoms in total. The van der Waals surface area contributed by atoms with Crippen molar-refractivity contribution in [2.24, 2.45) is 0 Å². The molecule has 9 heteroatoms. The smallest absolute Gasteiger partial charge is 0.268 e. The van der Waals surface area contributed by atoms with Gasteiger partial charge in [-0.1, -0.05) is 330 Å². The Hall–Kier alpha value is -2.32. The summed E-state index contributed by atoms with van der Waals surface area (Å²) in [6.45, 7) is 4.55. The lowest BCUT2D eigenvalue weighted by atomic mass is 10.0. The van der Waals surface area contributed by atoms with Crippen molar-refractivity contribution in [2.75, 3.05) is 40.9 Å². The van der Waals surface area contributed by atoms with E-state index in [1.807, 2.05) is 27.2 Å². The van der Waals surface area contributed by atoms with E-state index >= 15 is 0 Å². The molecule has 0 aliphatic heterocycles. The zero-order valence-electron chi connectivity index (χ0n) is 56.1. The second-order valence-corrected chi connectivity index (χ2v) is 27.0. The zero-order valence-corrected chi connectivity index (χ0v) is 57.0. The van der Waals surface area contributed by atoms with Crippen molar-refractivity contribution < 1.29 is 32.9 Å². The molecule has 490 valence electrons. The Morgan fingerprint density at radius 2 is 0.738 bits per heavy atom. The summed E-state index contributed by atoms with van der Waals surface area (Å²) in [7, 11) is 1.24. The maximum Gasteiger partial charge on any atom is 0.268 e. The van der Waals surface area contributed by atoms with Crippen molar-refractivity contribution in [2.45, 2.75) is 347 Å². The number of hydrogen-bond donors (Lipinski definition) is 2. The Morgan fingerprint density at radius 3 is 1.11 bits per heavy atom. The number of rotatable bonds is 66. The first kappa shape index (κ1) is 81.7. The van der Waals surface area contributed by atoms with Crippen LogP contribution in [0.25, 0.3) is 0 Å². The number of hydrogen-bond acceptors (Lipinski definition) is 6. The molecule has 0 aliphatic carbocycles. The Kier molecular flexibility index (Phi) is 63.3. The molecular formula is C75H139N2O6P. The minimum absolute atomic E-state index is 0.0102. The van der Waals surface area contributed by atoms with Gasteiger partial charge in [-0.25, -0.2) is 0 Å². The second-order valence-electron chi connectivity index (χ2n) is 25.5. The molecule has 0 saturated heterocycles. The minimum Gasteiger partial charge on any atom is -0.756 e. The third-order valence-corrected chi connectivity index (χ3v) is 17.0. The molecule has 1 amide bonds. The molecule has 0 aromatic rings. The van der Waals surface area contributed by atoms with Gasteiger partial charge in [-0.2, -0.15) is 0 Å². The minimum atomic E-state index is -4.62. The van der Waals surface area contributed by atoms with Crippen molar-refractivity contribution in [1.29, 1.82) is 0 Å². The van der Waals surface area contributed by atoms with Gasteiger partial charge in [-0.05, 0) is 83.5 Å². The van der Waals surface area contributed by atoms with Crippen molar-refractivity contribution >= 4 is 13.7 Å². The summed E-state index contributed by atoms with van der Waals surface area (Å²) in [6, 6.07) is -0.914. The second kappa shape index (κ2) is 65.1. The first-order chi connectivity index (χ1) is 41.0. The summed E-state index contributed by atoms with van der Waals surface area (Å²) in [6.07, 6.45) is 92.9. The fraction of sp³-hybridized carbons (Fsp3) is 0.800. The number of likely N-dealkylation sites (N-methyl/N-ethyl adjacent to an activating group) is 1. The number of carbonyl (C=O) groups excluding carboxylic acids is 1. The van der Waals surface area contributed by atoms with Gasteiger partial charge in [0.05, 0.1) is 39.9 Å². The highest BCUT2D eigenvalue weighted by Gasteiger charge is 2.23. The van der Waals surface area contributed by atoms with Crippen LogP contribution in [0.2, 0.25) is 0 Å². The van der Waals surface area contributed by atoms with Gasteiger partial charge in [-0.15, -0.1) is 0 Å². The molecule has 0 spiro atoms. The van der Waals surface area contributed by atoms with Gasteiger partial charge in [0.2, 0.25) is 5.91 Å². The monoisotopic (exact) mass is 1200 g/mol. The molecule has 0 aliphatic rings. The zero-order chi connectivity index (χ0) is 61.2. The summed E-state index contributed by atoms with van der Waals surface area (Å²) < 4.78 is 23.4. The van der Waals surface area contributed by atoms with E-state index in [9.17, 15) is 19.4 Å². The number of aliphatic hydroxyl groups is 1. The fourth-order valence-corrected chi connectivity index (χ4v) is 11.3. The van der Waals surface area contributed by atoms with Gasteiger partial charge in [0, 0.05) is 6.42 Å². The highest BCUT2D eigenvalue weighted by molar-refractivity contribution is 7.45. The summed E-state index contributed by atoms with van der Waals surface area (Å²) in [5.41, 5.74) is 0. The number of carbonyl (C=O) groups is 1. The molecule has 0 bridgehead atoms. The van der Waals surface area contributed by atoms with Crippen LogP contribution in [0.1, 0.15) is 335 Å². The van der Waals surface area contributed by atoms with Gasteiger partial charge >= 0.3 is 0 Å². The van der Waals surface area contributed by atoms with Crippen LogP contribution >= 0.6 is 7.82 Å². The van der Waals surface area contributed by atoms with Crippen LogP contribution in [0, 0.1) is 0 Å². The Labute approximate surface area is 522 Å². The fourth-order valence-electron chi connectivity index (χ4n) is 10.5. The lowest BCUT2D eigenvalue weighted by Crippen LogP contribution is -2.45. The third kappa shape index (κ3) is 67.2. The van der Waals surface area contributed by atoms with E-state index in [2.05, 4.69) is 92.1 Å². The van der Waals surface area contributed by atoms with Gasteiger partial charge in [0.15, 0.2) is 0 Å². The van der Waals surface area contributed by atoms with E-state index in [1.165, 1.54) is 244 Å². The van der Waals surface area contributed by atoms with Crippen molar-refractivity contribution in [3.8, 4) is 0 Å². The van der Waals surface area contributed by atoms with Crippen molar-refractivity contribution in [1.82, 2.24) is 5.32 Å². The number of aliphatic hydroxyl groups excluding tert-OH is 1. The predicted molar refractivity (Wildman–Crippen MR) is 367 cm³/mol. The molecular weight excluding hydrogens is 1060 g/mol. The molecule has 3 atom stereocenters. The van der Waals surface area contributed by atoms with Gasteiger partial charge in [-0.3, -0.25) is 9.36 Å². The van der Waals surface area contributed by atoms with E-state index in [-0.39, 0.29) is 12.5 Å². The topological polar surface area (TPSA) is 108 Å². The molecule has 0 fully saturated rings. The highest BCUT2D eigenvalue weighted by Crippen LogP contribution is 2.38. The predicted octanol–water partition coefficient (Wildman–Crippen LogP) is 22.5. The molecule has 0 radical (unpaired) electrons. The molecule has 84 heavy (non-hydrogen) atoms. The molecule has 2 N–H and O–H groups in total. The first-order valence-corrected chi connectivity index (χ1v) is 37.4. The number of nitrogens with zero attached hydrogens (tertiary/aromatic N) is 1. The number of nitrogens with one attached hydrogen (secondary N) is 1. The molecule has 0 rings (SSSR count). The van der Waals surface area contributed by atoms with E-state index in [1.54, 1.807) is 6.08 Å². The van der Waals surface area contributed by atoms with E-state index in [0.717, 1.165) is 70.6 Å². The average molecular weight is 1200 g/mol. The van der Waals surface area contributed by atoms with Crippen molar-refractivity contribution in [3.63, 3.8) is 0 Å². The number of phosphoric ester groups is 1. The largest absolute Gasteiger partial charge is 0.756 e. The Bertz CT molecular complexity index is 1650. The first-order valence-electron chi connectivity index (χ1n) is 35.9. The molecule has 0 aromatic heterocycles. The van der Waals surface area contributed by atoms with Gasteiger partial charge < -0.3 is 28.8 Å². The molecule has 0 aromatic carbocycles. The Balaban J connectivity index is 4.09. The number of phosphoric acid groups is 1. The summed E-state index contributed by atoms with van der Waals surface area (Å²) in [5.74, 6) is -0.208. The Morgan fingerprint density at radius 1 is 0.429 bits per heavy atom. The molecule has 0 saturated carbocycles. The van der Waals surface area contributed by atoms with Crippen LogP contribution in [-0.4, -0.2) is 68.5 Å². The van der Waals surface area contributed by atoms with Gasteiger partial charge in [0.25, 0.3) is 7.82 Å². The van der Waals surface area contributed by atoms with E-state index in [0.29, 0.717) is 17.4 Å². The number of allylic oxidation sites excluding steroid dienone is 13. The average Bonchev–Trinajstić information content (AvgIpc) is 3.56. The summed E-state index contributed by atoms with van der Waals surface area (Å²) in [4.78, 5) is 25.6. The summed E-state index contributed by atoms with van der Waals surface area (Å²) in [5, 5.41) is 13.9. The summed E-state index contributed by atoms with van der Waals surface area (Å²) >= 11 is 0. The van der Waals surface area contributed by atoms with E-state index < -0.39 is 26.6 Å². The van der Waals surface area contributed by atoms with Crippen LogP contribution in [0.3, 0.4) is 0 Å². The highest BCUT2D eigenvalue weighted by atomic mass is 31.2. The van der Waals surface area contributed by atoms with Crippen LogP contribution in [0.4, 0.5) is 0 Å². The lowest BCUT2D eigenvalue weighted by Gasteiger charge is -2.29. The SMILES string of the molecule is CC/C=C\C/C=C\C/C=C\C/C=C\CCCCCCCCCCCCCCCCCCCCCCC(=O)NC(COP(=O)([O-])OCC[N+](C)(C)C)C(O)/C=C/CC/C=C/CC/C=C/CCCCCCCCCCCCCCCCCCCCC. The van der Waals surface area contributed by atoms with Crippen LogP contribution in [0.5, 0.6) is 0 Å². The van der Waals surface area contributed by atoms with Gasteiger partial charge in [0.1, 0.15) is 13.2 Å². The van der Waals surface area contributed by atoms with Crippen LogP contribution in [-0.2, 0) is 18.4 Å². The quantitative estimate of drug-likeness (QED) is 0.0272. The van der Waals surface area contributed by atoms with Crippen LogP contribution in [0.15, 0.2) is 85.1 Å². The standard InChI is InChI=1S/C75H139N2O6P/c1-6-8-10-12-14-16-18-20-22-24-26-28-30-32-34-36-37-38-39-41-43-45-47-49-51-53-55-57-59-61-63-65-67-69-75(79)76-73(72-83-84(80,81)82-71-70-77(3,4)5)74(78)68-66-64-62-60-58-56-54-52-50-48-46-44-42-40-35-33-31-29-27-25-23-21-19-17-15-13-11-9-7-2/h8,10,14,16,20,22,26,28,50,52,58,60,66,68,73-74,78H,6-7,9,11-13,15,17-19,21,23-25,27,29-49,51,53-57,59,61-65,67,69-72H2,1-5H3,(H-,76,79,80,81)/b10-8-,16-14-,22-20-,28-26-,52-50+,60-58+,68-66+. The molecule has 0 heterocycles. The maximum atomic E-state index is 13.0. The van der Waals surface area contributed by atoms with Crippen LogP contribution < -0.4 is 10.2 Å². The number of unbranched alkanes of at least 4 members (excludes halogenated alkanes) is 41. The lowest BCUT2D eigenvalue weighted by molar-refractivity contribution is -0.870. The maximum absolute atomic E-state index is 13.0. The van der Waals surface area contributed by atoms with Crippen molar-refractivity contribution in [3.05, 3.63) is 85.1 Å². The van der Waals surface area contributed by atoms with E-state index in [4.69, 9.17) is 9.05 Å². The third-order valence-electron chi connectivity index (χ3n) is 16.1. The number of amides is 1.